The van der Waals surface area contributed by atoms with Crippen molar-refractivity contribution in [3.8, 4) is 0 Å². The van der Waals surface area contributed by atoms with Crippen molar-refractivity contribution in [1.82, 2.24) is 15.5 Å². The van der Waals surface area contributed by atoms with Gasteiger partial charge in [0.25, 0.3) is 0 Å². The van der Waals surface area contributed by atoms with Crippen molar-refractivity contribution in [2.24, 2.45) is 0 Å². The predicted octanol–water partition coefficient (Wildman–Crippen LogP) is 0.928. The zero-order valence-corrected chi connectivity index (χ0v) is 11.8. The molecule has 0 aliphatic heterocycles. The third kappa shape index (κ3) is 6.22. The van der Waals surface area contributed by atoms with E-state index in [1.807, 2.05) is 26.2 Å². The first-order valence-electron chi connectivity index (χ1n) is 6.39. The molecule has 1 unspecified atom stereocenters. The van der Waals surface area contributed by atoms with Crippen LogP contribution in [0.1, 0.15) is 18.1 Å². The average Bonchev–Trinajstić information content (AvgIpc) is 2.37. The molecule has 0 aliphatic rings. The number of amides is 2. The van der Waals surface area contributed by atoms with Gasteiger partial charge in [0, 0.05) is 13.1 Å². The monoisotopic (exact) mass is 265 g/mol. The number of nitrogens with one attached hydrogen (secondary N) is 2. The van der Waals surface area contributed by atoms with Crippen molar-refractivity contribution < 1.29 is 9.90 Å². The molecular formula is C14H23N3O2. The number of hydrogen-bond donors (Lipinski definition) is 3. The van der Waals surface area contributed by atoms with Gasteiger partial charge in [0.15, 0.2) is 0 Å². The largest absolute Gasteiger partial charge is 0.394 e. The molecule has 0 heterocycles. The van der Waals surface area contributed by atoms with E-state index < -0.39 is 0 Å². The van der Waals surface area contributed by atoms with E-state index in [1.165, 1.54) is 5.56 Å². The standard InChI is InChI=1S/C14H23N3O2/c1-11(10-18)16-14(19)15-8-12-4-6-13(7-5-12)9-17(2)3/h4-7,11,18H,8-10H2,1-3H3,(H2,15,16,19). The highest BCUT2D eigenvalue weighted by Crippen LogP contribution is 2.05. The number of carbonyl (C=O) groups is 1. The van der Waals surface area contributed by atoms with E-state index in [1.54, 1.807) is 6.92 Å². The molecule has 5 nitrogen and oxygen atoms in total. The Morgan fingerprint density at radius 2 is 1.84 bits per heavy atom. The first kappa shape index (κ1) is 15.5. The number of nitrogens with zero attached hydrogens (tertiary/aromatic N) is 1. The van der Waals surface area contributed by atoms with Gasteiger partial charge in [0.1, 0.15) is 0 Å². The number of aliphatic hydroxyl groups is 1. The molecule has 3 N–H and O–H groups in total. The molecule has 0 spiro atoms. The SMILES string of the molecule is CC(CO)NC(=O)NCc1ccc(CN(C)C)cc1. The Morgan fingerprint density at radius 3 is 2.37 bits per heavy atom. The van der Waals surface area contributed by atoms with Crippen molar-refractivity contribution >= 4 is 6.03 Å². The second kappa shape index (κ2) is 7.76. The Bertz CT molecular complexity index is 390. The minimum Gasteiger partial charge on any atom is -0.394 e. The Labute approximate surface area is 114 Å². The molecule has 19 heavy (non-hydrogen) atoms. The summed E-state index contributed by atoms with van der Waals surface area (Å²) < 4.78 is 0. The van der Waals surface area contributed by atoms with Gasteiger partial charge in [-0.1, -0.05) is 24.3 Å². The fraction of sp³-hybridized carbons (Fsp3) is 0.500. The first-order chi connectivity index (χ1) is 9.01. The fourth-order valence-electron chi connectivity index (χ4n) is 1.63. The molecule has 1 aromatic carbocycles. The summed E-state index contributed by atoms with van der Waals surface area (Å²) in [5.41, 5.74) is 2.29. The summed E-state index contributed by atoms with van der Waals surface area (Å²) in [6.45, 7) is 3.07. The van der Waals surface area contributed by atoms with E-state index in [0.29, 0.717) is 6.54 Å². The molecule has 0 saturated carbocycles. The molecule has 0 aromatic heterocycles. The highest BCUT2D eigenvalue weighted by Gasteiger charge is 2.05. The number of aliphatic hydroxyl groups excluding tert-OH is 1. The van der Waals surface area contributed by atoms with Crippen LogP contribution in [0.5, 0.6) is 0 Å². The highest BCUT2D eigenvalue weighted by atomic mass is 16.3. The van der Waals surface area contributed by atoms with Crippen LogP contribution in [0.4, 0.5) is 4.79 Å². The van der Waals surface area contributed by atoms with Crippen molar-refractivity contribution in [1.29, 1.82) is 0 Å². The van der Waals surface area contributed by atoms with Crippen LogP contribution < -0.4 is 10.6 Å². The van der Waals surface area contributed by atoms with Crippen molar-refractivity contribution in [2.45, 2.75) is 26.1 Å². The van der Waals surface area contributed by atoms with Gasteiger partial charge in [0.05, 0.1) is 12.6 Å². The van der Waals surface area contributed by atoms with Crippen LogP contribution in [0, 0.1) is 0 Å². The molecule has 1 atom stereocenters. The maximum Gasteiger partial charge on any atom is 0.315 e. The van der Waals surface area contributed by atoms with Gasteiger partial charge in [0.2, 0.25) is 0 Å². The van der Waals surface area contributed by atoms with Crippen LogP contribution in [0.25, 0.3) is 0 Å². The van der Waals surface area contributed by atoms with Crippen LogP contribution in [-0.4, -0.2) is 42.8 Å². The summed E-state index contributed by atoms with van der Waals surface area (Å²) >= 11 is 0. The first-order valence-corrected chi connectivity index (χ1v) is 6.39. The van der Waals surface area contributed by atoms with E-state index in [-0.39, 0.29) is 18.7 Å². The van der Waals surface area contributed by atoms with Crippen molar-refractivity contribution in [3.05, 3.63) is 35.4 Å². The number of benzene rings is 1. The van der Waals surface area contributed by atoms with Gasteiger partial charge in [-0.25, -0.2) is 4.79 Å². The molecule has 0 saturated heterocycles. The topological polar surface area (TPSA) is 64.6 Å². The van der Waals surface area contributed by atoms with Gasteiger partial charge < -0.3 is 20.6 Å². The van der Waals surface area contributed by atoms with Crippen LogP contribution in [0.15, 0.2) is 24.3 Å². The zero-order chi connectivity index (χ0) is 14.3. The molecule has 2 amide bonds. The minimum absolute atomic E-state index is 0.0628. The van der Waals surface area contributed by atoms with Gasteiger partial charge in [-0.15, -0.1) is 0 Å². The lowest BCUT2D eigenvalue weighted by atomic mass is 10.1. The fourth-order valence-corrected chi connectivity index (χ4v) is 1.63. The smallest absolute Gasteiger partial charge is 0.315 e. The van der Waals surface area contributed by atoms with E-state index in [9.17, 15) is 4.79 Å². The molecular weight excluding hydrogens is 242 g/mol. The van der Waals surface area contributed by atoms with E-state index in [2.05, 4.69) is 27.7 Å². The van der Waals surface area contributed by atoms with E-state index in [0.717, 1.165) is 12.1 Å². The molecule has 106 valence electrons. The van der Waals surface area contributed by atoms with Crippen LogP contribution in [-0.2, 0) is 13.1 Å². The molecule has 1 aromatic rings. The number of carbonyl (C=O) groups excluding carboxylic acids is 1. The summed E-state index contributed by atoms with van der Waals surface area (Å²) in [5.74, 6) is 0. The number of hydrogen-bond acceptors (Lipinski definition) is 3. The zero-order valence-electron chi connectivity index (χ0n) is 11.8. The summed E-state index contributed by atoms with van der Waals surface area (Å²) in [5, 5.41) is 14.2. The van der Waals surface area contributed by atoms with Crippen LogP contribution in [0.3, 0.4) is 0 Å². The van der Waals surface area contributed by atoms with Crippen LogP contribution in [0.2, 0.25) is 0 Å². The quantitative estimate of drug-likeness (QED) is 0.717. The lowest BCUT2D eigenvalue weighted by Crippen LogP contribution is -2.41. The normalized spacial score (nSPS) is 12.3. The summed E-state index contributed by atoms with van der Waals surface area (Å²) in [6, 6.07) is 7.64. The minimum atomic E-state index is -0.265. The maximum absolute atomic E-state index is 11.5. The Hall–Kier alpha value is -1.59. The molecule has 1 rings (SSSR count). The van der Waals surface area contributed by atoms with Crippen molar-refractivity contribution in [2.75, 3.05) is 20.7 Å². The van der Waals surface area contributed by atoms with Crippen LogP contribution >= 0.6 is 0 Å². The maximum atomic E-state index is 11.5. The highest BCUT2D eigenvalue weighted by molar-refractivity contribution is 5.74. The Balaban J connectivity index is 2.39. The summed E-state index contributed by atoms with van der Waals surface area (Å²) in [7, 11) is 4.06. The van der Waals surface area contributed by atoms with Gasteiger partial charge in [-0.2, -0.15) is 0 Å². The predicted molar refractivity (Wildman–Crippen MR) is 75.8 cm³/mol. The second-order valence-electron chi connectivity index (χ2n) is 4.96. The van der Waals surface area contributed by atoms with E-state index in [4.69, 9.17) is 5.11 Å². The molecule has 0 bridgehead atoms. The average molecular weight is 265 g/mol. The van der Waals surface area contributed by atoms with Gasteiger partial charge in [-0.05, 0) is 32.1 Å². The van der Waals surface area contributed by atoms with Gasteiger partial charge >= 0.3 is 6.03 Å². The molecule has 0 aliphatic carbocycles. The lowest BCUT2D eigenvalue weighted by Gasteiger charge is -2.13. The summed E-state index contributed by atoms with van der Waals surface area (Å²) in [4.78, 5) is 13.6. The van der Waals surface area contributed by atoms with E-state index >= 15 is 0 Å². The second-order valence-corrected chi connectivity index (χ2v) is 4.96. The van der Waals surface area contributed by atoms with Gasteiger partial charge in [-0.3, -0.25) is 0 Å². The molecule has 0 radical (unpaired) electrons. The third-order valence-electron chi connectivity index (χ3n) is 2.63. The Morgan fingerprint density at radius 1 is 1.26 bits per heavy atom. The molecule has 5 heteroatoms. The van der Waals surface area contributed by atoms with Crippen molar-refractivity contribution in [3.63, 3.8) is 0 Å². The number of urea groups is 1. The molecule has 0 fully saturated rings. The number of rotatable bonds is 6. The Kier molecular flexibility index (Phi) is 6.32. The summed E-state index contributed by atoms with van der Waals surface area (Å²) in [6.07, 6.45) is 0. The third-order valence-corrected chi connectivity index (χ3v) is 2.63. The lowest BCUT2D eigenvalue weighted by molar-refractivity contribution is 0.220.